The SMILES string of the molecule is CC(C)OC(N)=O.NCCCNC(=O)c1cn2c3c(c(N4CCCC4)c(F)cc3c1=O)Oc1cc3ccccc3cc1-2. The molecule has 2 amide bonds. The van der Waals surface area contributed by atoms with Gasteiger partial charge < -0.3 is 35.7 Å². The molecule has 2 aliphatic heterocycles. The van der Waals surface area contributed by atoms with E-state index in [9.17, 15) is 14.4 Å². The van der Waals surface area contributed by atoms with E-state index in [0.717, 1.165) is 36.7 Å². The van der Waals surface area contributed by atoms with Gasteiger partial charge in [0.2, 0.25) is 5.43 Å². The maximum Gasteiger partial charge on any atom is 0.404 e. The zero-order chi connectivity index (χ0) is 30.0. The first-order chi connectivity index (χ1) is 20.2. The fraction of sp³-hybridized carbons (Fsp3) is 0.323. The summed E-state index contributed by atoms with van der Waals surface area (Å²) < 4.78 is 28.1. The zero-order valence-electron chi connectivity index (χ0n) is 23.6. The van der Waals surface area contributed by atoms with Crippen molar-refractivity contribution in [3.05, 3.63) is 70.3 Å². The predicted octanol–water partition coefficient (Wildman–Crippen LogP) is 4.56. The molecule has 1 fully saturated rings. The molecular formula is C31H34FN5O5. The van der Waals surface area contributed by atoms with Gasteiger partial charge >= 0.3 is 6.09 Å². The monoisotopic (exact) mass is 575 g/mol. The number of carbonyl (C=O) groups is 2. The predicted molar refractivity (Wildman–Crippen MR) is 160 cm³/mol. The Kier molecular flexibility index (Phi) is 8.30. The topological polar surface area (TPSA) is 142 Å². The molecule has 0 atom stereocenters. The lowest BCUT2D eigenvalue weighted by Crippen LogP contribution is -2.32. The molecule has 1 aromatic heterocycles. The lowest BCUT2D eigenvalue weighted by molar-refractivity contribution is 0.0951. The third-order valence-corrected chi connectivity index (χ3v) is 7.15. The summed E-state index contributed by atoms with van der Waals surface area (Å²) >= 11 is 0. The van der Waals surface area contributed by atoms with E-state index >= 15 is 4.39 Å². The normalized spacial score (nSPS) is 13.4. The van der Waals surface area contributed by atoms with E-state index in [1.54, 1.807) is 24.6 Å². The highest BCUT2D eigenvalue weighted by Crippen LogP contribution is 2.48. The fourth-order valence-electron chi connectivity index (χ4n) is 5.32. The number of halogens is 1. The maximum atomic E-state index is 15.6. The Balaban J connectivity index is 0.000000451. The number of ether oxygens (including phenoxy) is 2. The number of hydrogen-bond donors (Lipinski definition) is 3. The molecule has 0 bridgehead atoms. The van der Waals surface area contributed by atoms with Gasteiger partial charge in [-0.15, -0.1) is 0 Å². The van der Waals surface area contributed by atoms with Crippen molar-refractivity contribution in [2.75, 3.05) is 31.1 Å². The van der Waals surface area contributed by atoms with E-state index in [2.05, 4.69) is 15.8 Å². The number of carbonyl (C=O) groups excluding carboxylic acids is 2. The van der Waals surface area contributed by atoms with Crippen LogP contribution in [0, 0.1) is 5.82 Å². The van der Waals surface area contributed by atoms with Crippen LogP contribution in [0.15, 0.2) is 53.5 Å². The Morgan fingerprint density at radius 2 is 1.81 bits per heavy atom. The standard InChI is InChI=1S/C27H25FN4O3.C4H9NO2/c28-20-14-18-23-26(24(20)31-10-3-4-11-31)35-22-13-17-7-2-1-6-16(17)12-21(22)32(23)15-19(25(18)33)27(34)30-9-5-8-29;1-3(2)7-4(5)6/h1-2,6-7,12-15H,3-5,8-11,29H2,(H,30,34);3H,1-2H3,(H2,5,6). The Morgan fingerprint density at radius 3 is 2.43 bits per heavy atom. The molecule has 0 unspecified atom stereocenters. The summed E-state index contributed by atoms with van der Waals surface area (Å²) in [6.45, 7) is 5.69. The average molecular weight is 576 g/mol. The zero-order valence-corrected chi connectivity index (χ0v) is 23.6. The van der Waals surface area contributed by atoms with Crippen LogP contribution in [0.25, 0.3) is 27.4 Å². The molecule has 2 aliphatic rings. The molecule has 3 heterocycles. The van der Waals surface area contributed by atoms with Gasteiger partial charge in [0.05, 0.1) is 17.2 Å². The Hall–Kier alpha value is -4.64. The number of primary amides is 1. The van der Waals surface area contributed by atoms with Gasteiger partial charge in [0.1, 0.15) is 16.8 Å². The van der Waals surface area contributed by atoms with E-state index in [-0.39, 0.29) is 17.1 Å². The van der Waals surface area contributed by atoms with E-state index in [1.807, 2.05) is 41.3 Å². The average Bonchev–Trinajstić information content (AvgIpc) is 3.47. The van der Waals surface area contributed by atoms with Crippen molar-refractivity contribution < 1.29 is 23.5 Å². The van der Waals surface area contributed by atoms with Gasteiger partial charge in [-0.2, -0.15) is 0 Å². The number of rotatable bonds is 6. The van der Waals surface area contributed by atoms with E-state index in [4.69, 9.17) is 10.5 Å². The maximum absolute atomic E-state index is 15.6. The van der Waals surface area contributed by atoms with Crippen LogP contribution in [0.5, 0.6) is 11.5 Å². The molecule has 0 spiro atoms. The number of nitrogens with two attached hydrogens (primary N) is 2. The van der Waals surface area contributed by atoms with Crippen LogP contribution < -0.4 is 31.8 Å². The van der Waals surface area contributed by atoms with Crippen LogP contribution in [0.2, 0.25) is 0 Å². The van der Waals surface area contributed by atoms with Crippen molar-refractivity contribution in [2.45, 2.75) is 39.2 Å². The number of benzene rings is 3. The smallest absolute Gasteiger partial charge is 0.404 e. The van der Waals surface area contributed by atoms with Crippen LogP contribution in [0.3, 0.4) is 0 Å². The lowest BCUT2D eigenvalue weighted by Gasteiger charge is -2.29. The molecule has 6 rings (SSSR count). The highest BCUT2D eigenvalue weighted by atomic mass is 19.1. The molecule has 11 heteroatoms. The second-order valence-corrected chi connectivity index (χ2v) is 10.5. The highest BCUT2D eigenvalue weighted by molar-refractivity contribution is 6.02. The van der Waals surface area contributed by atoms with Gasteiger partial charge in [-0.05, 0) is 68.6 Å². The van der Waals surface area contributed by atoms with Crippen molar-refractivity contribution >= 4 is 39.4 Å². The van der Waals surface area contributed by atoms with Gasteiger partial charge in [0.25, 0.3) is 5.91 Å². The largest absolute Gasteiger partial charge is 0.451 e. The highest BCUT2D eigenvalue weighted by Gasteiger charge is 2.31. The minimum atomic E-state index is -0.713. The third kappa shape index (κ3) is 5.60. The summed E-state index contributed by atoms with van der Waals surface area (Å²) in [5.41, 5.74) is 11.1. The van der Waals surface area contributed by atoms with Crippen LogP contribution in [0.4, 0.5) is 14.9 Å². The number of hydrogen-bond acceptors (Lipinski definition) is 7. The van der Waals surface area contributed by atoms with Gasteiger partial charge in [-0.3, -0.25) is 9.59 Å². The molecule has 0 radical (unpaired) electrons. The molecular weight excluding hydrogens is 541 g/mol. The summed E-state index contributed by atoms with van der Waals surface area (Å²) in [4.78, 5) is 38.1. The summed E-state index contributed by atoms with van der Waals surface area (Å²) in [5.74, 6) is -0.171. The quantitative estimate of drug-likeness (QED) is 0.252. The van der Waals surface area contributed by atoms with Crippen molar-refractivity contribution in [1.29, 1.82) is 0 Å². The number of fused-ring (bicyclic) bond motifs is 3. The van der Waals surface area contributed by atoms with Crippen LogP contribution in [0.1, 0.15) is 43.5 Å². The van der Waals surface area contributed by atoms with Crippen molar-refractivity contribution in [3.63, 3.8) is 0 Å². The number of amides is 2. The Morgan fingerprint density at radius 1 is 1.12 bits per heavy atom. The number of anilines is 1. The molecule has 5 N–H and O–H groups in total. The van der Waals surface area contributed by atoms with Gasteiger partial charge in [-0.25, -0.2) is 9.18 Å². The summed E-state index contributed by atoms with van der Waals surface area (Å²) in [7, 11) is 0. The number of nitrogens with zero attached hydrogens (tertiary/aromatic N) is 2. The number of aromatic nitrogens is 1. The first-order valence-electron chi connectivity index (χ1n) is 14.0. The lowest BCUT2D eigenvalue weighted by atomic mass is 10.0. The first-order valence-corrected chi connectivity index (χ1v) is 14.0. The molecule has 42 heavy (non-hydrogen) atoms. The third-order valence-electron chi connectivity index (χ3n) is 7.15. The molecule has 10 nitrogen and oxygen atoms in total. The number of nitrogens with one attached hydrogen (secondary N) is 1. The molecule has 1 saturated heterocycles. The van der Waals surface area contributed by atoms with Crippen LogP contribution in [-0.2, 0) is 4.74 Å². The van der Waals surface area contributed by atoms with E-state index < -0.39 is 23.2 Å². The molecule has 0 aliphatic carbocycles. The minimum absolute atomic E-state index is 0.0465. The van der Waals surface area contributed by atoms with Gasteiger partial charge in [0, 0.05) is 25.8 Å². The molecule has 4 aromatic rings. The fourth-order valence-corrected chi connectivity index (χ4v) is 5.32. The van der Waals surface area contributed by atoms with E-state index in [1.165, 1.54) is 6.07 Å². The van der Waals surface area contributed by atoms with Crippen LogP contribution >= 0.6 is 0 Å². The van der Waals surface area contributed by atoms with Crippen LogP contribution in [-0.4, -0.2) is 48.9 Å². The van der Waals surface area contributed by atoms with Crippen molar-refractivity contribution in [3.8, 4) is 17.2 Å². The van der Waals surface area contributed by atoms with E-state index in [0.29, 0.717) is 47.9 Å². The Bertz CT molecular complexity index is 1730. The summed E-state index contributed by atoms with van der Waals surface area (Å²) in [6.07, 6.45) is 3.26. The second kappa shape index (κ2) is 12.1. The second-order valence-electron chi connectivity index (χ2n) is 10.5. The van der Waals surface area contributed by atoms with Gasteiger partial charge in [0.15, 0.2) is 17.3 Å². The number of pyridine rings is 1. The molecule has 220 valence electrons. The van der Waals surface area contributed by atoms with Crippen molar-refractivity contribution in [1.82, 2.24) is 9.88 Å². The molecule has 0 saturated carbocycles. The van der Waals surface area contributed by atoms with Crippen molar-refractivity contribution in [2.24, 2.45) is 11.5 Å². The van der Waals surface area contributed by atoms with Gasteiger partial charge in [-0.1, -0.05) is 24.3 Å². The minimum Gasteiger partial charge on any atom is -0.451 e. The first kappa shape index (κ1) is 28.9. The Labute approximate surface area is 242 Å². The summed E-state index contributed by atoms with van der Waals surface area (Å²) in [5, 5.41) is 4.83. The summed E-state index contributed by atoms with van der Waals surface area (Å²) in [6, 6.07) is 13.0. The molecule has 3 aromatic carbocycles.